The molecule has 110 valence electrons. The first kappa shape index (κ1) is 15.4. The minimum atomic E-state index is -1.44. The Morgan fingerprint density at radius 2 is 1.62 bits per heavy atom. The smallest absolute Gasteiger partial charge is 0.488 e. The lowest BCUT2D eigenvalue weighted by atomic mass is 9.80. The molecule has 21 heavy (non-hydrogen) atoms. The van der Waals surface area contributed by atoms with Crippen LogP contribution in [0.15, 0.2) is 48.5 Å². The number of hydrogen-bond donors (Lipinski definition) is 2. The van der Waals surface area contributed by atoms with Gasteiger partial charge in [-0.25, -0.2) is 0 Å². The molecule has 0 unspecified atom stereocenters. The quantitative estimate of drug-likeness (QED) is 0.783. The van der Waals surface area contributed by atoms with Crippen LogP contribution in [0.1, 0.15) is 5.56 Å². The molecule has 2 aromatic carbocycles. The predicted octanol–water partition coefficient (Wildman–Crippen LogP) is 1.19. The van der Waals surface area contributed by atoms with Crippen LogP contribution in [0.25, 0.3) is 0 Å². The fraction of sp³-hybridized carbons (Fsp3) is 0.250. The summed E-state index contributed by atoms with van der Waals surface area (Å²) in [4.78, 5) is 2.13. The van der Waals surface area contributed by atoms with Crippen molar-refractivity contribution in [3.8, 4) is 5.75 Å². The number of rotatable bonds is 6. The van der Waals surface area contributed by atoms with E-state index in [1.807, 2.05) is 7.05 Å². The van der Waals surface area contributed by atoms with E-state index in [0.29, 0.717) is 12.1 Å². The Kier molecular flexibility index (Phi) is 5.25. The van der Waals surface area contributed by atoms with E-state index in [9.17, 15) is 0 Å². The molecule has 0 saturated heterocycles. The Morgan fingerprint density at radius 1 is 1.00 bits per heavy atom. The molecule has 0 aromatic heterocycles. The summed E-state index contributed by atoms with van der Waals surface area (Å²) in [5.74, 6) is 0.719. The van der Waals surface area contributed by atoms with E-state index in [2.05, 4.69) is 36.1 Å². The van der Waals surface area contributed by atoms with Crippen LogP contribution in [-0.4, -0.2) is 37.4 Å². The molecule has 2 rings (SSSR count). The minimum absolute atomic E-state index is 0.458. The highest BCUT2D eigenvalue weighted by atomic mass is 16.5. The van der Waals surface area contributed by atoms with Gasteiger partial charge in [0.05, 0.1) is 6.54 Å². The number of ether oxygens (including phenoxy) is 1. The van der Waals surface area contributed by atoms with Crippen LogP contribution < -0.4 is 15.1 Å². The molecule has 0 amide bonds. The van der Waals surface area contributed by atoms with Crippen LogP contribution in [0.4, 0.5) is 5.69 Å². The lowest BCUT2D eigenvalue weighted by molar-refractivity contribution is 0.326. The fourth-order valence-corrected chi connectivity index (χ4v) is 1.96. The van der Waals surface area contributed by atoms with E-state index in [0.717, 1.165) is 18.0 Å². The Morgan fingerprint density at radius 3 is 2.19 bits per heavy atom. The molecule has 0 spiro atoms. The van der Waals surface area contributed by atoms with Crippen LogP contribution in [0, 0.1) is 6.92 Å². The summed E-state index contributed by atoms with van der Waals surface area (Å²) < 4.78 is 5.65. The van der Waals surface area contributed by atoms with Crippen LogP contribution in [0.5, 0.6) is 5.75 Å². The highest BCUT2D eigenvalue weighted by Crippen LogP contribution is 2.13. The van der Waals surface area contributed by atoms with Crippen molar-refractivity contribution in [2.45, 2.75) is 6.92 Å². The summed E-state index contributed by atoms with van der Waals surface area (Å²) in [7, 11) is 0.589. The Hall–Kier alpha value is -1.98. The van der Waals surface area contributed by atoms with E-state index in [-0.39, 0.29) is 0 Å². The molecule has 2 N–H and O–H groups in total. The van der Waals surface area contributed by atoms with Crippen molar-refractivity contribution in [1.82, 2.24) is 0 Å². The van der Waals surface area contributed by atoms with Crippen LogP contribution >= 0.6 is 0 Å². The summed E-state index contributed by atoms with van der Waals surface area (Å²) in [6.07, 6.45) is 0. The second-order valence-corrected chi connectivity index (χ2v) is 5.05. The molecule has 0 aliphatic rings. The lowest BCUT2D eigenvalue weighted by Gasteiger charge is -2.19. The van der Waals surface area contributed by atoms with Gasteiger partial charge in [-0.05, 0) is 36.7 Å². The summed E-state index contributed by atoms with van der Waals surface area (Å²) in [6.45, 7) is 3.40. The zero-order chi connectivity index (χ0) is 15.2. The SMILES string of the molecule is Cc1ccc(N(C)CCOc2ccc(B(O)O)cc2)cc1. The third kappa shape index (κ3) is 4.51. The van der Waals surface area contributed by atoms with Crippen molar-refractivity contribution < 1.29 is 14.8 Å². The van der Waals surface area contributed by atoms with Crippen molar-refractivity contribution in [2.24, 2.45) is 0 Å². The number of likely N-dealkylation sites (N-methyl/N-ethyl adjacent to an activating group) is 1. The molecule has 0 bridgehead atoms. The van der Waals surface area contributed by atoms with E-state index in [4.69, 9.17) is 14.8 Å². The van der Waals surface area contributed by atoms with E-state index >= 15 is 0 Å². The monoisotopic (exact) mass is 285 g/mol. The molecule has 2 aromatic rings. The summed E-state index contributed by atoms with van der Waals surface area (Å²) in [5, 5.41) is 18.0. The van der Waals surface area contributed by atoms with Gasteiger partial charge in [-0.15, -0.1) is 0 Å². The van der Waals surface area contributed by atoms with Gasteiger partial charge >= 0.3 is 7.12 Å². The third-order valence-electron chi connectivity index (χ3n) is 3.35. The van der Waals surface area contributed by atoms with Gasteiger partial charge in [-0.1, -0.05) is 29.8 Å². The molecule has 0 fully saturated rings. The van der Waals surface area contributed by atoms with E-state index in [1.54, 1.807) is 24.3 Å². The van der Waals surface area contributed by atoms with Gasteiger partial charge in [0, 0.05) is 12.7 Å². The first-order valence-electron chi connectivity index (χ1n) is 6.93. The normalized spacial score (nSPS) is 10.3. The van der Waals surface area contributed by atoms with Gasteiger partial charge in [-0.2, -0.15) is 0 Å². The molecule has 5 heteroatoms. The van der Waals surface area contributed by atoms with Gasteiger partial charge in [0.25, 0.3) is 0 Å². The second-order valence-electron chi connectivity index (χ2n) is 5.05. The molecule has 0 saturated carbocycles. The number of anilines is 1. The maximum absolute atomic E-state index is 9.02. The van der Waals surface area contributed by atoms with Gasteiger partial charge in [0.2, 0.25) is 0 Å². The zero-order valence-corrected chi connectivity index (χ0v) is 12.4. The van der Waals surface area contributed by atoms with Crippen molar-refractivity contribution in [2.75, 3.05) is 25.1 Å². The predicted molar refractivity (Wildman–Crippen MR) is 86.2 cm³/mol. The van der Waals surface area contributed by atoms with E-state index < -0.39 is 7.12 Å². The highest BCUT2D eigenvalue weighted by molar-refractivity contribution is 6.58. The van der Waals surface area contributed by atoms with Crippen molar-refractivity contribution in [1.29, 1.82) is 0 Å². The third-order valence-corrected chi connectivity index (χ3v) is 3.35. The number of aryl methyl sites for hydroxylation is 1. The second kappa shape index (κ2) is 7.15. The number of hydrogen-bond acceptors (Lipinski definition) is 4. The maximum Gasteiger partial charge on any atom is 0.488 e. The lowest BCUT2D eigenvalue weighted by Crippen LogP contribution is -2.29. The molecule has 0 radical (unpaired) electrons. The molecular weight excluding hydrogens is 265 g/mol. The Labute approximate surface area is 125 Å². The average Bonchev–Trinajstić information content (AvgIpc) is 2.48. The molecule has 0 aliphatic heterocycles. The van der Waals surface area contributed by atoms with Gasteiger partial charge in [0.1, 0.15) is 12.4 Å². The molecular formula is C16H20BNO3. The zero-order valence-electron chi connectivity index (χ0n) is 12.4. The van der Waals surface area contributed by atoms with Crippen molar-refractivity contribution >= 4 is 18.3 Å². The number of benzene rings is 2. The van der Waals surface area contributed by atoms with Crippen LogP contribution in [-0.2, 0) is 0 Å². The topological polar surface area (TPSA) is 52.9 Å². The number of nitrogens with zero attached hydrogens (tertiary/aromatic N) is 1. The van der Waals surface area contributed by atoms with Gasteiger partial charge < -0.3 is 19.7 Å². The fourth-order valence-electron chi connectivity index (χ4n) is 1.96. The Bertz CT molecular complexity index is 555. The van der Waals surface area contributed by atoms with E-state index in [1.165, 1.54) is 5.56 Å². The van der Waals surface area contributed by atoms with Gasteiger partial charge in [-0.3, -0.25) is 0 Å². The van der Waals surface area contributed by atoms with Gasteiger partial charge in [0.15, 0.2) is 0 Å². The molecule has 0 atom stereocenters. The molecule has 4 nitrogen and oxygen atoms in total. The first-order chi connectivity index (χ1) is 10.1. The Balaban J connectivity index is 1.82. The first-order valence-corrected chi connectivity index (χ1v) is 6.93. The van der Waals surface area contributed by atoms with Crippen LogP contribution in [0.2, 0.25) is 0 Å². The van der Waals surface area contributed by atoms with Crippen molar-refractivity contribution in [3.05, 3.63) is 54.1 Å². The average molecular weight is 285 g/mol. The summed E-state index contributed by atoms with van der Waals surface area (Å²) in [6, 6.07) is 15.1. The summed E-state index contributed by atoms with van der Waals surface area (Å²) in [5.41, 5.74) is 2.86. The largest absolute Gasteiger partial charge is 0.492 e. The summed E-state index contributed by atoms with van der Waals surface area (Å²) >= 11 is 0. The highest BCUT2D eigenvalue weighted by Gasteiger charge is 2.09. The maximum atomic E-state index is 9.02. The molecule has 0 aliphatic carbocycles. The standard InChI is InChI=1S/C16H20BNO3/c1-13-3-7-15(8-4-13)18(2)11-12-21-16-9-5-14(6-10-16)17(19)20/h3-10,19-20H,11-12H2,1-2H3. The van der Waals surface area contributed by atoms with Crippen molar-refractivity contribution in [3.63, 3.8) is 0 Å². The molecule has 0 heterocycles. The van der Waals surface area contributed by atoms with Crippen LogP contribution in [0.3, 0.4) is 0 Å². The minimum Gasteiger partial charge on any atom is -0.492 e.